The largest absolute Gasteiger partial charge is 0.506 e. The Hall–Kier alpha value is -9.35. The minimum absolute atomic E-state index is 0.0363. The number of Topliss-reactive ketones (excluding diaryl/α,β-unsaturated/α-hetero) is 1. The van der Waals surface area contributed by atoms with Crippen molar-refractivity contribution < 1.29 is 91.6 Å². The fourth-order valence-corrected chi connectivity index (χ4v) is 8.53. The van der Waals surface area contributed by atoms with E-state index in [1.807, 2.05) is 5.32 Å². The number of alkyl halides is 12. The molecule has 0 atom stereocenters. The van der Waals surface area contributed by atoms with E-state index in [0.29, 0.717) is 60.7 Å². The number of carbonyl (C=O) groups is 5. The molecule has 7 aromatic carbocycles. The fourth-order valence-electron chi connectivity index (χ4n) is 8.53. The summed E-state index contributed by atoms with van der Waals surface area (Å²) in [5, 5.41) is 29.5. The van der Waals surface area contributed by atoms with Gasteiger partial charge in [0, 0.05) is 35.0 Å². The molecule has 0 unspecified atom stereocenters. The Balaban J connectivity index is 0.00000261. The van der Waals surface area contributed by atoms with Crippen molar-refractivity contribution >= 4 is 52.2 Å². The normalized spacial score (nSPS) is 12.1. The minimum Gasteiger partial charge on any atom is -0.506 e. The van der Waals surface area contributed by atoms with Crippen LogP contribution in [0.25, 0.3) is 0 Å². The number of ketones is 1. The van der Waals surface area contributed by atoms with E-state index in [0.717, 1.165) is 31.2 Å². The molecule has 430 valence electrons. The van der Waals surface area contributed by atoms with Crippen LogP contribution in [0.15, 0.2) is 152 Å². The van der Waals surface area contributed by atoms with Crippen molar-refractivity contribution in [3.05, 3.63) is 202 Å². The zero-order chi connectivity index (χ0) is 60.9. The Morgan fingerprint density at radius 2 is 0.659 bits per heavy atom. The third-order valence-electron chi connectivity index (χ3n) is 12.5. The van der Waals surface area contributed by atoms with Crippen molar-refractivity contribution in [3.8, 4) is 23.0 Å². The van der Waals surface area contributed by atoms with Gasteiger partial charge in [0.05, 0.1) is 11.4 Å². The van der Waals surface area contributed by atoms with Crippen molar-refractivity contribution in [1.29, 1.82) is 0 Å². The van der Waals surface area contributed by atoms with Gasteiger partial charge in [-0.15, -0.1) is 0 Å². The standard InChI is InChI=1S/C55H40F12N4O7.C3H6O/c1-29-9-16-36(25-41(29)69-47(75)32-7-5-4-6-8-32)51(54(62,63)64,55(65,66)67)38-18-24-46(74)44(28-38)71-49(77)34-13-21-40(22-14-34)78-39-19-11-33(12-20-39)48(76)70-42-26-35(15-10-30(42)2)50(52(56,57)58,53(59,60)61)37-17-23-45(73)43(27-37)68-31(3)72;1-3(2)4/h4-28,73-74H,1-3H3,(H,68,72)(H,69,75)(H,70,76)(H,71,77);1-2H3. The number of ether oxygens (including phenoxy) is 1. The monoisotopic (exact) mass is 1150 g/mol. The molecule has 0 aromatic heterocycles. The predicted molar refractivity (Wildman–Crippen MR) is 278 cm³/mol. The molecule has 0 aliphatic heterocycles. The smallest absolute Gasteiger partial charge is 0.411 e. The summed E-state index contributed by atoms with van der Waals surface area (Å²) in [6.45, 7) is 6.65. The Bertz CT molecular complexity index is 3500. The van der Waals surface area contributed by atoms with Gasteiger partial charge in [-0.05, 0) is 158 Å². The Labute approximate surface area is 458 Å². The number of phenolic OH excluding ortho intramolecular Hbond substituents is 2. The van der Waals surface area contributed by atoms with Crippen LogP contribution < -0.4 is 26.0 Å². The molecule has 0 saturated heterocycles. The van der Waals surface area contributed by atoms with Crippen molar-refractivity contribution in [2.75, 3.05) is 21.3 Å². The summed E-state index contributed by atoms with van der Waals surface area (Å²) >= 11 is 0. The number of aryl methyl sites for hydroxylation is 2. The first-order valence-electron chi connectivity index (χ1n) is 23.9. The molecule has 0 heterocycles. The van der Waals surface area contributed by atoms with Gasteiger partial charge in [-0.1, -0.05) is 54.6 Å². The molecule has 7 aromatic rings. The van der Waals surface area contributed by atoms with E-state index >= 15 is 52.7 Å². The highest BCUT2D eigenvalue weighted by atomic mass is 19.4. The lowest BCUT2D eigenvalue weighted by Gasteiger charge is -2.39. The van der Waals surface area contributed by atoms with Crippen molar-refractivity contribution in [2.45, 2.75) is 70.2 Å². The number of anilines is 4. The van der Waals surface area contributed by atoms with Crippen LogP contribution in [0.5, 0.6) is 23.0 Å². The molecule has 0 saturated carbocycles. The lowest BCUT2D eigenvalue weighted by atomic mass is 9.72. The molecule has 4 amide bonds. The maximum Gasteiger partial charge on any atom is 0.411 e. The van der Waals surface area contributed by atoms with E-state index in [1.165, 1.54) is 88.4 Å². The maximum atomic E-state index is 15.2. The van der Waals surface area contributed by atoms with E-state index in [2.05, 4.69) is 16.0 Å². The van der Waals surface area contributed by atoms with Gasteiger partial charge in [0.25, 0.3) is 17.7 Å². The molecule has 0 radical (unpaired) electrons. The van der Waals surface area contributed by atoms with Crippen LogP contribution >= 0.6 is 0 Å². The second-order valence-corrected chi connectivity index (χ2v) is 18.5. The molecule has 82 heavy (non-hydrogen) atoms. The summed E-state index contributed by atoms with van der Waals surface area (Å²) in [5.74, 6) is -5.25. The number of carbonyl (C=O) groups excluding carboxylic acids is 5. The average Bonchev–Trinajstić information content (AvgIpc) is 0.899. The highest BCUT2D eigenvalue weighted by molar-refractivity contribution is 6.06. The zero-order valence-corrected chi connectivity index (χ0v) is 43.3. The summed E-state index contributed by atoms with van der Waals surface area (Å²) < 4.78 is 187. The van der Waals surface area contributed by atoms with E-state index in [4.69, 9.17) is 4.74 Å². The van der Waals surface area contributed by atoms with E-state index in [9.17, 15) is 34.2 Å². The van der Waals surface area contributed by atoms with E-state index in [-0.39, 0.29) is 50.8 Å². The number of amides is 4. The molecule has 24 heteroatoms. The average molecular weight is 1160 g/mol. The van der Waals surface area contributed by atoms with Crippen molar-refractivity contribution in [3.63, 3.8) is 0 Å². The molecule has 0 aliphatic rings. The first-order valence-corrected chi connectivity index (χ1v) is 23.9. The number of hydrogen-bond acceptors (Lipinski definition) is 8. The van der Waals surface area contributed by atoms with Gasteiger partial charge in [0.2, 0.25) is 16.7 Å². The summed E-state index contributed by atoms with van der Waals surface area (Å²) in [6.07, 6.45) is -24.4. The van der Waals surface area contributed by atoms with Gasteiger partial charge in [0.15, 0.2) is 0 Å². The molecule has 0 aliphatic carbocycles. The lowest BCUT2D eigenvalue weighted by Crippen LogP contribution is -2.54. The molecular weight excluding hydrogens is 1110 g/mol. The number of halogens is 12. The summed E-state index contributed by atoms with van der Waals surface area (Å²) in [4.78, 5) is 60.8. The first kappa shape index (κ1) is 61.9. The van der Waals surface area contributed by atoms with Gasteiger partial charge in [0.1, 0.15) is 28.8 Å². The maximum absolute atomic E-state index is 15.2. The first-order chi connectivity index (χ1) is 38.1. The highest BCUT2D eigenvalue weighted by Crippen LogP contribution is 2.59. The van der Waals surface area contributed by atoms with Crippen LogP contribution in [0, 0.1) is 13.8 Å². The highest BCUT2D eigenvalue weighted by Gasteiger charge is 2.74. The fraction of sp³-hybridized carbons (Fsp3) is 0.190. The third-order valence-corrected chi connectivity index (χ3v) is 12.5. The van der Waals surface area contributed by atoms with Crippen LogP contribution in [-0.2, 0) is 20.4 Å². The van der Waals surface area contributed by atoms with Gasteiger partial charge in [-0.3, -0.25) is 19.2 Å². The summed E-state index contributed by atoms with van der Waals surface area (Å²) in [5.41, 5.74) is -17.6. The molecule has 12 nitrogen and oxygen atoms in total. The van der Waals surface area contributed by atoms with Gasteiger partial charge in [-0.25, -0.2) is 0 Å². The predicted octanol–water partition coefficient (Wildman–Crippen LogP) is 14.6. The SMILES string of the molecule is CC(=O)Nc1cc(C(c2ccc(C)c(NC(=O)c3ccc(Oc4ccc(C(=O)Nc5cc(C(c6ccc(C)c(NC(=O)c7ccccc7)c6)(C(F)(F)F)C(F)(F)F)ccc5O)cc4)cc3)c2)(C(F)(F)F)C(F)(F)F)ccc1O.CC(C)=O. The number of phenols is 2. The van der Waals surface area contributed by atoms with Crippen LogP contribution in [0.2, 0.25) is 0 Å². The second kappa shape index (κ2) is 23.8. The third kappa shape index (κ3) is 13.0. The number of nitrogens with one attached hydrogen (secondary N) is 4. The van der Waals surface area contributed by atoms with E-state index in [1.54, 1.807) is 6.07 Å². The molecule has 0 bridgehead atoms. The van der Waals surface area contributed by atoms with Gasteiger partial charge < -0.3 is 41.0 Å². The molecular formula is C58H46F12N4O8. The lowest BCUT2D eigenvalue weighted by molar-refractivity contribution is -0.290. The quantitative estimate of drug-likeness (QED) is 0.0487. The number of benzene rings is 7. The molecule has 7 rings (SSSR count). The van der Waals surface area contributed by atoms with Crippen LogP contribution in [0.4, 0.5) is 75.4 Å². The van der Waals surface area contributed by atoms with Crippen molar-refractivity contribution in [1.82, 2.24) is 0 Å². The molecule has 0 spiro atoms. The van der Waals surface area contributed by atoms with Gasteiger partial charge >= 0.3 is 24.7 Å². The number of hydrogen-bond donors (Lipinski definition) is 6. The van der Waals surface area contributed by atoms with Crippen molar-refractivity contribution in [2.24, 2.45) is 0 Å². The van der Waals surface area contributed by atoms with Crippen LogP contribution in [0.3, 0.4) is 0 Å². The Kier molecular flexibility index (Phi) is 17.9. The Morgan fingerprint density at radius 3 is 0.976 bits per heavy atom. The van der Waals surface area contributed by atoms with Gasteiger partial charge in [-0.2, -0.15) is 52.7 Å². The summed E-state index contributed by atoms with van der Waals surface area (Å²) in [6, 6.07) is 23.7. The topological polar surface area (TPSA) is 183 Å². The molecule has 6 N–H and O–H groups in total. The zero-order valence-electron chi connectivity index (χ0n) is 43.3. The summed E-state index contributed by atoms with van der Waals surface area (Å²) in [7, 11) is 0. The number of aromatic hydroxyl groups is 2. The van der Waals surface area contributed by atoms with E-state index < -0.39 is 110 Å². The second-order valence-electron chi connectivity index (χ2n) is 18.5. The molecule has 0 fully saturated rings. The van der Waals surface area contributed by atoms with Crippen LogP contribution in [-0.4, -0.2) is 64.3 Å². The minimum atomic E-state index is -6.10. The number of rotatable bonds is 13. The van der Waals surface area contributed by atoms with Crippen LogP contribution in [0.1, 0.15) is 85.2 Å². The Morgan fingerprint density at radius 1 is 0.378 bits per heavy atom.